The van der Waals surface area contributed by atoms with E-state index in [2.05, 4.69) is 30.6 Å². The first-order valence-electron chi connectivity index (χ1n) is 5.54. The Kier molecular flexibility index (Phi) is 3.84. The number of hydrogen-bond donors (Lipinski definition) is 4. The Bertz CT molecular complexity index is 469. The number of H-pyrrole nitrogens is 1. The van der Waals surface area contributed by atoms with Crippen molar-refractivity contribution in [3.8, 4) is 0 Å². The Hall–Kier alpha value is -1.73. The summed E-state index contributed by atoms with van der Waals surface area (Å²) in [6.45, 7) is 3.81. The first-order chi connectivity index (χ1) is 8.27. The van der Waals surface area contributed by atoms with Gasteiger partial charge in [0.25, 0.3) is 0 Å². The van der Waals surface area contributed by atoms with Gasteiger partial charge in [-0.15, -0.1) is 0 Å². The Morgan fingerprint density at radius 3 is 3.06 bits per heavy atom. The predicted octanol–water partition coefficient (Wildman–Crippen LogP) is -0.265. The molecular formula is C10H16N6O. The second-order valence-corrected chi connectivity index (χ2v) is 3.80. The molecule has 0 aliphatic rings. The van der Waals surface area contributed by atoms with Crippen LogP contribution < -0.4 is 10.6 Å². The molecule has 1 unspecified atom stereocenters. The van der Waals surface area contributed by atoms with Crippen molar-refractivity contribution in [2.45, 2.75) is 13.0 Å². The minimum Gasteiger partial charge on any atom is -0.392 e. The molecule has 0 bridgehead atoms. The van der Waals surface area contributed by atoms with Crippen molar-refractivity contribution in [3.05, 3.63) is 12.7 Å². The molecule has 0 amide bonds. The number of hydrogen-bond acceptors (Lipinski definition) is 6. The summed E-state index contributed by atoms with van der Waals surface area (Å²) in [6, 6.07) is 0. The summed E-state index contributed by atoms with van der Waals surface area (Å²) in [5.74, 6) is 0.742. The Morgan fingerprint density at radius 1 is 1.35 bits per heavy atom. The van der Waals surface area contributed by atoms with Crippen LogP contribution in [-0.4, -0.2) is 50.8 Å². The lowest BCUT2D eigenvalue weighted by Crippen LogP contribution is -2.29. The number of aromatic nitrogens is 4. The molecule has 2 aromatic rings. The molecule has 92 valence electrons. The molecule has 0 saturated carbocycles. The lowest BCUT2D eigenvalue weighted by molar-refractivity contribution is 0.192. The van der Waals surface area contributed by atoms with Crippen LogP contribution >= 0.6 is 0 Å². The van der Waals surface area contributed by atoms with Crippen molar-refractivity contribution in [1.29, 1.82) is 0 Å². The monoisotopic (exact) mass is 236 g/mol. The number of aliphatic hydroxyl groups is 1. The second kappa shape index (κ2) is 5.55. The van der Waals surface area contributed by atoms with Gasteiger partial charge in [0.1, 0.15) is 11.8 Å². The van der Waals surface area contributed by atoms with Crippen molar-refractivity contribution in [1.82, 2.24) is 25.3 Å². The fraction of sp³-hybridized carbons (Fsp3) is 0.500. The highest BCUT2D eigenvalue weighted by molar-refractivity contribution is 5.81. The number of nitrogens with one attached hydrogen (secondary N) is 3. The highest BCUT2D eigenvalue weighted by Gasteiger charge is 2.04. The van der Waals surface area contributed by atoms with E-state index < -0.39 is 0 Å². The average molecular weight is 236 g/mol. The molecule has 0 aliphatic heterocycles. The Labute approximate surface area is 98.7 Å². The van der Waals surface area contributed by atoms with Crippen LogP contribution in [0.3, 0.4) is 0 Å². The third kappa shape index (κ3) is 3.11. The highest BCUT2D eigenvalue weighted by atomic mass is 16.3. The fourth-order valence-corrected chi connectivity index (χ4v) is 1.48. The second-order valence-electron chi connectivity index (χ2n) is 3.80. The summed E-state index contributed by atoms with van der Waals surface area (Å²) >= 11 is 0. The largest absolute Gasteiger partial charge is 0.392 e. The number of aliphatic hydroxyl groups excluding tert-OH is 1. The van der Waals surface area contributed by atoms with E-state index in [0.29, 0.717) is 12.2 Å². The number of rotatable bonds is 6. The molecule has 2 heterocycles. The molecule has 2 rings (SSSR count). The van der Waals surface area contributed by atoms with Gasteiger partial charge in [0.05, 0.1) is 12.4 Å². The molecule has 0 radical (unpaired) electrons. The van der Waals surface area contributed by atoms with Crippen molar-refractivity contribution < 1.29 is 5.11 Å². The maximum atomic E-state index is 9.07. The van der Waals surface area contributed by atoms with Gasteiger partial charge in [-0.25, -0.2) is 15.0 Å². The van der Waals surface area contributed by atoms with E-state index >= 15 is 0 Å². The Morgan fingerprint density at radius 2 is 2.24 bits per heavy atom. The topological polar surface area (TPSA) is 98.8 Å². The normalized spacial score (nSPS) is 12.8. The minimum atomic E-state index is -0.326. The zero-order chi connectivity index (χ0) is 12.1. The van der Waals surface area contributed by atoms with Crippen molar-refractivity contribution in [2.24, 2.45) is 0 Å². The van der Waals surface area contributed by atoms with Gasteiger partial charge >= 0.3 is 0 Å². The molecule has 0 spiro atoms. The van der Waals surface area contributed by atoms with Crippen molar-refractivity contribution in [2.75, 3.05) is 25.0 Å². The molecule has 2 aromatic heterocycles. The quantitative estimate of drug-likeness (QED) is 0.516. The third-order valence-electron chi connectivity index (χ3n) is 2.26. The van der Waals surface area contributed by atoms with E-state index in [0.717, 1.165) is 24.4 Å². The zero-order valence-electron chi connectivity index (χ0n) is 9.64. The third-order valence-corrected chi connectivity index (χ3v) is 2.26. The van der Waals surface area contributed by atoms with Gasteiger partial charge in [0, 0.05) is 19.6 Å². The van der Waals surface area contributed by atoms with Crippen LogP contribution in [0.5, 0.6) is 0 Å². The van der Waals surface area contributed by atoms with Crippen LogP contribution in [0, 0.1) is 0 Å². The van der Waals surface area contributed by atoms with Crippen LogP contribution in [-0.2, 0) is 0 Å². The molecule has 0 aromatic carbocycles. The van der Waals surface area contributed by atoms with Gasteiger partial charge in [-0.3, -0.25) is 0 Å². The predicted molar refractivity (Wildman–Crippen MR) is 64.7 cm³/mol. The number of aromatic amines is 1. The molecule has 0 fully saturated rings. The van der Waals surface area contributed by atoms with Gasteiger partial charge in [0.2, 0.25) is 0 Å². The van der Waals surface area contributed by atoms with E-state index in [9.17, 15) is 0 Å². The van der Waals surface area contributed by atoms with Crippen LogP contribution in [0.2, 0.25) is 0 Å². The van der Waals surface area contributed by atoms with Gasteiger partial charge in [0.15, 0.2) is 11.5 Å². The first-order valence-corrected chi connectivity index (χ1v) is 5.54. The molecule has 1 atom stereocenters. The summed E-state index contributed by atoms with van der Waals surface area (Å²) in [5.41, 5.74) is 1.46. The summed E-state index contributed by atoms with van der Waals surface area (Å²) < 4.78 is 0. The molecule has 0 aliphatic carbocycles. The number of imidazole rings is 1. The van der Waals surface area contributed by atoms with Crippen molar-refractivity contribution in [3.63, 3.8) is 0 Å². The van der Waals surface area contributed by atoms with Gasteiger partial charge in [-0.2, -0.15) is 0 Å². The summed E-state index contributed by atoms with van der Waals surface area (Å²) in [4.78, 5) is 15.2. The molecule has 17 heavy (non-hydrogen) atoms. The number of anilines is 1. The van der Waals surface area contributed by atoms with Crippen LogP contribution in [0.25, 0.3) is 11.2 Å². The summed E-state index contributed by atoms with van der Waals surface area (Å²) in [7, 11) is 0. The van der Waals surface area contributed by atoms with E-state index in [4.69, 9.17) is 5.11 Å². The zero-order valence-corrected chi connectivity index (χ0v) is 9.64. The molecule has 4 N–H and O–H groups in total. The average Bonchev–Trinajstić information content (AvgIpc) is 2.77. The van der Waals surface area contributed by atoms with Crippen molar-refractivity contribution >= 4 is 17.0 Å². The minimum absolute atomic E-state index is 0.326. The standard InChI is InChI=1S/C10H16N6O/c1-7(17)4-11-2-3-12-9-8-10(14-5-13-8)16-6-15-9/h5-7,11,17H,2-4H2,1H3,(H2,12,13,14,15,16). The van der Waals surface area contributed by atoms with E-state index in [1.807, 2.05) is 0 Å². The summed E-state index contributed by atoms with van der Waals surface area (Å²) in [6.07, 6.45) is 2.75. The lowest BCUT2D eigenvalue weighted by atomic mass is 10.4. The first kappa shape index (κ1) is 11.7. The number of fused-ring (bicyclic) bond motifs is 1. The van der Waals surface area contributed by atoms with Gasteiger partial charge in [-0.05, 0) is 6.92 Å². The molecule has 7 heteroatoms. The van der Waals surface area contributed by atoms with E-state index in [1.54, 1.807) is 13.3 Å². The SMILES string of the molecule is CC(O)CNCCNc1ncnc2nc[nH]c12. The number of nitrogens with zero attached hydrogens (tertiary/aromatic N) is 3. The van der Waals surface area contributed by atoms with Crippen LogP contribution in [0.4, 0.5) is 5.82 Å². The highest BCUT2D eigenvalue weighted by Crippen LogP contribution is 2.13. The molecular weight excluding hydrogens is 220 g/mol. The van der Waals surface area contributed by atoms with Crippen LogP contribution in [0.15, 0.2) is 12.7 Å². The lowest BCUT2D eigenvalue weighted by Gasteiger charge is -2.08. The molecule has 0 saturated heterocycles. The Balaban J connectivity index is 1.84. The van der Waals surface area contributed by atoms with E-state index in [-0.39, 0.29) is 6.10 Å². The maximum absolute atomic E-state index is 9.07. The molecule has 7 nitrogen and oxygen atoms in total. The maximum Gasteiger partial charge on any atom is 0.182 e. The fourth-order valence-electron chi connectivity index (χ4n) is 1.48. The van der Waals surface area contributed by atoms with E-state index in [1.165, 1.54) is 6.33 Å². The summed E-state index contributed by atoms with van der Waals surface area (Å²) in [5, 5.41) is 15.4. The van der Waals surface area contributed by atoms with Crippen LogP contribution in [0.1, 0.15) is 6.92 Å². The van der Waals surface area contributed by atoms with Gasteiger partial charge in [-0.1, -0.05) is 0 Å². The van der Waals surface area contributed by atoms with Gasteiger partial charge < -0.3 is 20.7 Å². The smallest absolute Gasteiger partial charge is 0.182 e.